The van der Waals surface area contributed by atoms with Gasteiger partial charge in [0.2, 0.25) is 11.8 Å². The Balaban J connectivity index is 1.57. The molecular weight excluding hydrogens is 390 g/mol. The van der Waals surface area contributed by atoms with Gasteiger partial charge in [0.1, 0.15) is 23.6 Å². The van der Waals surface area contributed by atoms with Gasteiger partial charge < -0.3 is 24.4 Å². The van der Waals surface area contributed by atoms with E-state index in [9.17, 15) is 9.59 Å². The molecule has 1 atom stereocenters. The van der Waals surface area contributed by atoms with Crippen LogP contribution in [-0.4, -0.2) is 102 Å². The lowest BCUT2D eigenvalue weighted by molar-refractivity contribution is -0.142. The van der Waals surface area contributed by atoms with Crippen molar-refractivity contribution in [1.29, 1.82) is 0 Å². The van der Waals surface area contributed by atoms with Crippen molar-refractivity contribution in [2.24, 2.45) is 0 Å². The maximum atomic E-state index is 13.2. The number of morpholine rings is 1. The molecule has 0 aliphatic carbocycles. The van der Waals surface area contributed by atoms with Crippen molar-refractivity contribution in [3.8, 4) is 0 Å². The number of rotatable bonds is 2. The third kappa shape index (κ3) is 4.21. The fraction of sp³-hybridized carbons (Fsp3) is 0.632. The summed E-state index contributed by atoms with van der Waals surface area (Å²) in [6, 6.07) is -0.329. The number of amides is 2. The van der Waals surface area contributed by atoms with Gasteiger partial charge in [-0.15, -0.1) is 0 Å². The van der Waals surface area contributed by atoms with Crippen LogP contribution < -0.4 is 10.2 Å². The van der Waals surface area contributed by atoms with Crippen molar-refractivity contribution in [3.05, 3.63) is 12.0 Å². The standard InChI is InChI=1S/C19H27N7O4/c1-13-16-17(21-12-22-18(16)30-23-13)25-6-4-20-15(27)3-5-26(8-7-25)19(28)14-11-29-10-9-24(14)2/h12,14H,3-11H2,1-2H3,(H,20,27). The number of carbonyl (C=O) groups is 2. The molecule has 1 unspecified atom stereocenters. The average Bonchev–Trinajstić information content (AvgIpc) is 3.13. The SMILES string of the molecule is Cc1noc2ncnc(N3CCNC(=O)CCN(C(=O)C4COCCN4C)CC3)c12. The van der Waals surface area contributed by atoms with E-state index in [1.54, 1.807) is 4.90 Å². The zero-order valence-electron chi connectivity index (χ0n) is 17.3. The zero-order valence-corrected chi connectivity index (χ0v) is 17.3. The van der Waals surface area contributed by atoms with Crippen LogP contribution in [0.2, 0.25) is 0 Å². The Kier molecular flexibility index (Phi) is 6.09. The number of carbonyl (C=O) groups excluding carboxylic acids is 2. The van der Waals surface area contributed by atoms with E-state index in [2.05, 4.69) is 20.4 Å². The Labute approximate surface area is 174 Å². The van der Waals surface area contributed by atoms with E-state index in [0.717, 1.165) is 5.39 Å². The first-order valence-corrected chi connectivity index (χ1v) is 10.2. The second-order valence-corrected chi connectivity index (χ2v) is 7.63. The number of aromatic nitrogens is 3. The summed E-state index contributed by atoms with van der Waals surface area (Å²) in [6.45, 7) is 6.00. The fourth-order valence-electron chi connectivity index (χ4n) is 3.85. The van der Waals surface area contributed by atoms with Crippen LogP contribution in [0.15, 0.2) is 10.9 Å². The van der Waals surface area contributed by atoms with Crippen molar-refractivity contribution in [3.63, 3.8) is 0 Å². The molecule has 11 nitrogen and oxygen atoms in total. The highest BCUT2D eigenvalue weighted by Crippen LogP contribution is 2.25. The molecule has 0 saturated carbocycles. The summed E-state index contributed by atoms with van der Waals surface area (Å²) in [4.78, 5) is 39.8. The smallest absolute Gasteiger partial charge is 0.263 e. The molecule has 0 aromatic carbocycles. The fourth-order valence-corrected chi connectivity index (χ4v) is 3.85. The van der Waals surface area contributed by atoms with Crippen LogP contribution in [-0.2, 0) is 14.3 Å². The van der Waals surface area contributed by atoms with Gasteiger partial charge in [0.25, 0.3) is 5.71 Å². The van der Waals surface area contributed by atoms with Gasteiger partial charge in [-0.3, -0.25) is 14.5 Å². The van der Waals surface area contributed by atoms with E-state index >= 15 is 0 Å². The molecule has 2 fully saturated rings. The molecule has 2 saturated heterocycles. The van der Waals surface area contributed by atoms with Gasteiger partial charge in [-0.25, -0.2) is 4.98 Å². The van der Waals surface area contributed by atoms with Crippen LogP contribution in [0.25, 0.3) is 11.1 Å². The third-order valence-electron chi connectivity index (χ3n) is 5.67. The molecule has 4 heterocycles. The summed E-state index contributed by atoms with van der Waals surface area (Å²) in [7, 11) is 1.93. The number of hydrogen-bond donors (Lipinski definition) is 1. The van der Waals surface area contributed by atoms with E-state index in [1.165, 1.54) is 6.33 Å². The van der Waals surface area contributed by atoms with Crippen LogP contribution >= 0.6 is 0 Å². The Bertz CT molecular complexity index is 917. The number of nitrogens with zero attached hydrogens (tertiary/aromatic N) is 6. The van der Waals surface area contributed by atoms with E-state index in [-0.39, 0.29) is 24.3 Å². The van der Waals surface area contributed by atoms with E-state index in [1.807, 2.05) is 23.8 Å². The monoisotopic (exact) mass is 417 g/mol. The molecule has 4 rings (SSSR count). The molecular formula is C19H27N7O4. The molecule has 2 aliphatic rings. The van der Waals surface area contributed by atoms with Gasteiger partial charge >= 0.3 is 0 Å². The van der Waals surface area contributed by atoms with Gasteiger partial charge in [0, 0.05) is 45.7 Å². The predicted octanol–water partition coefficient (Wildman–Crippen LogP) is -0.588. The van der Waals surface area contributed by atoms with Crippen molar-refractivity contribution in [2.75, 3.05) is 64.4 Å². The van der Waals surface area contributed by atoms with E-state index in [4.69, 9.17) is 9.26 Å². The first-order chi connectivity index (χ1) is 14.5. The van der Waals surface area contributed by atoms with Crippen LogP contribution in [0.5, 0.6) is 0 Å². The summed E-state index contributed by atoms with van der Waals surface area (Å²) in [5.41, 5.74) is 1.13. The Morgan fingerprint density at radius 1 is 1.20 bits per heavy atom. The Morgan fingerprint density at radius 2 is 2.07 bits per heavy atom. The number of anilines is 1. The molecule has 2 aliphatic heterocycles. The number of hydrogen-bond acceptors (Lipinski definition) is 9. The minimum absolute atomic E-state index is 0.0143. The average molecular weight is 417 g/mol. The van der Waals surface area contributed by atoms with Crippen LogP contribution in [0.4, 0.5) is 5.82 Å². The minimum atomic E-state index is -0.329. The number of likely N-dealkylation sites (N-methyl/N-ethyl adjacent to an activating group) is 1. The number of ether oxygens (including phenoxy) is 1. The molecule has 1 N–H and O–H groups in total. The first kappa shape index (κ1) is 20.5. The second kappa shape index (κ2) is 8.92. The Morgan fingerprint density at radius 3 is 2.90 bits per heavy atom. The summed E-state index contributed by atoms with van der Waals surface area (Å²) < 4.78 is 10.8. The Hall–Kier alpha value is -2.79. The van der Waals surface area contributed by atoms with E-state index in [0.29, 0.717) is 69.7 Å². The van der Waals surface area contributed by atoms with Gasteiger partial charge in [-0.1, -0.05) is 5.16 Å². The maximum absolute atomic E-state index is 13.2. The van der Waals surface area contributed by atoms with Crippen molar-refractivity contribution >= 4 is 28.7 Å². The molecule has 2 amide bonds. The third-order valence-corrected chi connectivity index (χ3v) is 5.67. The predicted molar refractivity (Wildman–Crippen MR) is 108 cm³/mol. The molecule has 2 aromatic heterocycles. The lowest BCUT2D eigenvalue weighted by Crippen LogP contribution is -2.55. The van der Waals surface area contributed by atoms with Crippen molar-refractivity contribution in [1.82, 2.24) is 30.2 Å². The minimum Gasteiger partial charge on any atom is -0.378 e. The topological polar surface area (TPSA) is 117 Å². The first-order valence-electron chi connectivity index (χ1n) is 10.2. The van der Waals surface area contributed by atoms with Crippen molar-refractivity contribution < 1.29 is 18.8 Å². The normalized spacial score (nSPS) is 22.2. The van der Waals surface area contributed by atoms with Gasteiger partial charge in [-0.2, -0.15) is 4.98 Å². The lowest BCUT2D eigenvalue weighted by atomic mass is 10.2. The molecule has 11 heteroatoms. The van der Waals surface area contributed by atoms with Crippen LogP contribution in [0.1, 0.15) is 12.1 Å². The number of aryl methyl sites for hydroxylation is 1. The quantitative estimate of drug-likeness (QED) is 0.684. The van der Waals surface area contributed by atoms with Crippen LogP contribution in [0.3, 0.4) is 0 Å². The molecule has 0 bridgehead atoms. The maximum Gasteiger partial charge on any atom is 0.263 e. The lowest BCUT2D eigenvalue weighted by Gasteiger charge is -2.36. The van der Waals surface area contributed by atoms with Gasteiger partial charge in [0.15, 0.2) is 0 Å². The zero-order chi connectivity index (χ0) is 21.1. The summed E-state index contributed by atoms with van der Waals surface area (Å²) in [6.07, 6.45) is 1.72. The largest absolute Gasteiger partial charge is 0.378 e. The summed E-state index contributed by atoms with van der Waals surface area (Å²) >= 11 is 0. The number of fused-ring (bicyclic) bond motifs is 1. The van der Waals surface area contributed by atoms with E-state index < -0.39 is 0 Å². The highest BCUT2D eigenvalue weighted by atomic mass is 16.5. The summed E-state index contributed by atoms with van der Waals surface area (Å²) in [5.74, 6) is 0.607. The second-order valence-electron chi connectivity index (χ2n) is 7.63. The van der Waals surface area contributed by atoms with Gasteiger partial charge in [0.05, 0.1) is 18.9 Å². The highest BCUT2D eigenvalue weighted by molar-refractivity contribution is 5.88. The number of nitrogens with one attached hydrogen (secondary N) is 1. The highest BCUT2D eigenvalue weighted by Gasteiger charge is 2.31. The van der Waals surface area contributed by atoms with Gasteiger partial charge in [-0.05, 0) is 14.0 Å². The van der Waals surface area contributed by atoms with Crippen molar-refractivity contribution in [2.45, 2.75) is 19.4 Å². The molecule has 2 aromatic rings. The van der Waals surface area contributed by atoms with Crippen LogP contribution in [0, 0.1) is 6.92 Å². The molecule has 0 radical (unpaired) electrons. The molecule has 0 spiro atoms. The molecule has 30 heavy (non-hydrogen) atoms. The molecule has 162 valence electrons. The summed E-state index contributed by atoms with van der Waals surface area (Å²) in [5, 5.41) is 7.66.